The molecule has 0 saturated carbocycles. The molecule has 0 saturated heterocycles. The zero-order chi connectivity index (χ0) is 11.4. The molecule has 0 aliphatic rings. The first kappa shape index (κ1) is 11.8. The van der Waals surface area contributed by atoms with Gasteiger partial charge in [0, 0.05) is 24.8 Å². The van der Waals surface area contributed by atoms with Crippen molar-refractivity contribution in [1.82, 2.24) is 4.90 Å². The minimum absolute atomic E-state index is 0.279. The Morgan fingerprint density at radius 2 is 2.13 bits per heavy atom. The van der Waals surface area contributed by atoms with E-state index in [-0.39, 0.29) is 5.57 Å². The van der Waals surface area contributed by atoms with Crippen LogP contribution in [0.2, 0.25) is 0 Å². The minimum Gasteiger partial charge on any atom is -0.478 e. The molecule has 0 heterocycles. The molecule has 0 bridgehead atoms. The number of carbonyl (C=O) groups is 1. The van der Waals surface area contributed by atoms with Crippen LogP contribution in [0.3, 0.4) is 0 Å². The van der Waals surface area contributed by atoms with Crippen LogP contribution in [-0.2, 0) is 4.79 Å². The Kier molecular flexibility index (Phi) is 3.91. The maximum atomic E-state index is 11.0. The zero-order valence-corrected chi connectivity index (χ0v) is 10.2. The first-order valence-electron chi connectivity index (χ1n) is 4.38. The van der Waals surface area contributed by atoms with Gasteiger partial charge in [-0.25, -0.2) is 4.79 Å². The van der Waals surface area contributed by atoms with Gasteiger partial charge in [0.1, 0.15) is 0 Å². The monoisotopic (exact) mass is 269 g/mol. The molecule has 4 heteroatoms. The third-order valence-corrected chi connectivity index (χ3v) is 2.25. The molecule has 3 nitrogen and oxygen atoms in total. The summed E-state index contributed by atoms with van der Waals surface area (Å²) in [5.74, 6) is -0.929. The number of carboxylic acids is 1. The number of carboxylic acid groups (broad SMARTS) is 1. The highest BCUT2D eigenvalue weighted by molar-refractivity contribution is 9.10. The van der Waals surface area contributed by atoms with Gasteiger partial charge in [-0.05, 0) is 17.7 Å². The number of rotatable bonds is 3. The molecule has 15 heavy (non-hydrogen) atoms. The van der Waals surface area contributed by atoms with Gasteiger partial charge in [-0.1, -0.05) is 28.1 Å². The predicted octanol–water partition coefficient (Wildman–Crippen LogP) is 2.44. The van der Waals surface area contributed by atoms with Gasteiger partial charge in [0.05, 0.1) is 5.57 Å². The molecule has 1 rings (SSSR count). The predicted molar refractivity (Wildman–Crippen MR) is 63.4 cm³/mol. The summed E-state index contributed by atoms with van der Waals surface area (Å²) in [6, 6.07) is 7.22. The molecular formula is C11H12BrNO2. The van der Waals surface area contributed by atoms with Gasteiger partial charge >= 0.3 is 5.97 Å². The van der Waals surface area contributed by atoms with Gasteiger partial charge in [-0.15, -0.1) is 0 Å². The summed E-state index contributed by atoms with van der Waals surface area (Å²) < 4.78 is 0.867. The van der Waals surface area contributed by atoms with Crippen LogP contribution in [0.4, 0.5) is 0 Å². The highest BCUT2D eigenvalue weighted by Gasteiger charge is 2.10. The summed E-state index contributed by atoms with van der Waals surface area (Å²) in [4.78, 5) is 12.7. The highest BCUT2D eigenvalue weighted by Crippen LogP contribution is 2.19. The second-order valence-electron chi connectivity index (χ2n) is 3.32. The Balaban J connectivity index is 3.16. The molecule has 0 fully saturated rings. The highest BCUT2D eigenvalue weighted by atomic mass is 79.9. The fourth-order valence-corrected chi connectivity index (χ4v) is 1.57. The van der Waals surface area contributed by atoms with Crippen molar-refractivity contribution in [2.75, 3.05) is 14.1 Å². The molecule has 0 aromatic heterocycles. The van der Waals surface area contributed by atoms with E-state index in [9.17, 15) is 4.79 Å². The van der Waals surface area contributed by atoms with E-state index in [0.29, 0.717) is 5.56 Å². The van der Waals surface area contributed by atoms with Crippen molar-refractivity contribution in [3.63, 3.8) is 0 Å². The van der Waals surface area contributed by atoms with Gasteiger partial charge in [-0.2, -0.15) is 0 Å². The van der Waals surface area contributed by atoms with Crippen LogP contribution in [0.5, 0.6) is 0 Å². The van der Waals surface area contributed by atoms with Crippen LogP contribution < -0.4 is 0 Å². The summed E-state index contributed by atoms with van der Waals surface area (Å²) in [5.41, 5.74) is 0.965. The lowest BCUT2D eigenvalue weighted by Gasteiger charge is -2.09. The number of hydrogen-bond donors (Lipinski definition) is 1. The van der Waals surface area contributed by atoms with Crippen LogP contribution in [0.15, 0.2) is 34.9 Å². The summed E-state index contributed by atoms with van der Waals surface area (Å²) in [6.45, 7) is 0. The van der Waals surface area contributed by atoms with E-state index in [2.05, 4.69) is 15.9 Å². The lowest BCUT2D eigenvalue weighted by atomic mass is 10.1. The number of aliphatic carboxylic acids is 1. The topological polar surface area (TPSA) is 40.5 Å². The number of nitrogens with zero attached hydrogens (tertiary/aromatic N) is 1. The van der Waals surface area contributed by atoms with Gasteiger partial charge in [0.25, 0.3) is 0 Å². The molecule has 80 valence electrons. The molecule has 0 radical (unpaired) electrons. The van der Waals surface area contributed by atoms with Crippen LogP contribution in [0, 0.1) is 0 Å². The van der Waals surface area contributed by atoms with Crippen molar-refractivity contribution < 1.29 is 9.90 Å². The van der Waals surface area contributed by atoms with Crippen molar-refractivity contribution >= 4 is 27.5 Å². The molecule has 1 aromatic rings. The van der Waals surface area contributed by atoms with Gasteiger partial charge in [0.2, 0.25) is 0 Å². The van der Waals surface area contributed by atoms with Crippen LogP contribution in [0.25, 0.3) is 5.57 Å². The van der Waals surface area contributed by atoms with Gasteiger partial charge < -0.3 is 10.0 Å². The third-order valence-electron chi connectivity index (χ3n) is 1.75. The van der Waals surface area contributed by atoms with Crippen molar-refractivity contribution in [2.45, 2.75) is 0 Å². The van der Waals surface area contributed by atoms with Gasteiger partial charge in [-0.3, -0.25) is 0 Å². The second kappa shape index (κ2) is 4.98. The van der Waals surface area contributed by atoms with E-state index < -0.39 is 5.97 Å². The smallest absolute Gasteiger partial charge is 0.337 e. The Morgan fingerprint density at radius 3 is 2.60 bits per heavy atom. The average Bonchev–Trinajstić information content (AvgIpc) is 2.13. The first-order chi connectivity index (χ1) is 7.00. The molecular weight excluding hydrogens is 258 g/mol. The van der Waals surface area contributed by atoms with E-state index >= 15 is 0 Å². The number of benzene rings is 1. The normalized spacial score (nSPS) is 11.3. The Labute approximate surface area is 97.1 Å². The molecule has 1 N–H and O–H groups in total. The van der Waals surface area contributed by atoms with Crippen LogP contribution >= 0.6 is 15.9 Å². The largest absolute Gasteiger partial charge is 0.478 e. The van der Waals surface area contributed by atoms with Crippen molar-refractivity contribution in [2.24, 2.45) is 0 Å². The lowest BCUT2D eigenvalue weighted by molar-refractivity contribution is -0.130. The average molecular weight is 270 g/mol. The SMILES string of the molecule is CN(C)C=C(C(=O)O)c1cccc(Br)c1. The maximum Gasteiger partial charge on any atom is 0.337 e. The fraction of sp³-hybridized carbons (Fsp3) is 0.182. The Hall–Kier alpha value is -1.29. The molecule has 0 atom stereocenters. The summed E-state index contributed by atoms with van der Waals surface area (Å²) in [6.07, 6.45) is 1.59. The third kappa shape index (κ3) is 3.40. The molecule has 0 spiro atoms. The summed E-state index contributed by atoms with van der Waals surface area (Å²) >= 11 is 3.31. The number of halogens is 1. The van der Waals surface area contributed by atoms with E-state index in [4.69, 9.17) is 5.11 Å². The van der Waals surface area contributed by atoms with Crippen molar-refractivity contribution in [1.29, 1.82) is 0 Å². The Bertz CT molecular complexity index is 399. The summed E-state index contributed by atoms with van der Waals surface area (Å²) in [7, 11) is 3.59. The molecule has 1 aromatic carbocycles. The van der Waals surface area contributed by atoms with Gasteiger partial charge in [0.15, 0.2) is 0 Å². The van der Waals surface area contributed by atoms with E-state index in [1.165, 1.54) is 0 Å². The quantitative estimate of drug-likeness (QED) is 0.857. The van der Waals surface area contributed by atoms with Crippen molar-refractivity contribution in [3.8, 4) is 0 Å². The molecule has 0 aliphatic heterocycles. The van der Waals surface area contributed by atoms with E-state index in [1.807, 2.05) is 12.1 Å². The molecule has 0 unspecified atom stereocenters. The van der Waals surface area contributed by atoms with Crippen LogP contribution in [0.1, 0.15) is 5.56 Å². The first-order valence-corrected chi connectivity index (χ1v) is 5.17. The second-order valence-corrected chi connectivity index (χ2v) is 4.24. The zero-order valence-electron chi connectivity index (χ0n) is 8.57. The minimum atomic E-state index is -0.929. The van der Waals surface area contributed by atoms with Crippen molar-refractivity contribution in [3.05, 3.63) is 40.5 Å². The molecule has 0 amide bonds. The molecule has 0 aliphatic carbocycles. The fourth-order valence-electron chi connectivity index (χ4n) is 1.17. The summed E-state index contributed by atoms with van der Waals surface area (Å²) in [5, 5.41) is 9.06. The standard InChI is InChI=1S/C11H12BrNO2/c1-13(2)7-10(11(14)15)8-4-3-5-9(12)6-8/h3-7H,1-2H3,(H,14,15). The number of hydrogen-bond acceptors (Lipinski definition) is 2. The van der Waals surface area contributed by atoms with E-state index in [0.717, 1.165) is 4.47 Å². The maximum absolute atomic E-state index is 11.0. The van der Waals surface area contributed by atoms with Crippen LogP contribution in [-0.4, -0.2) is 30.1 Å². The Morgan fingerprint density at radius 1 is 1.47 bits per heavy atom. The lowest BCUT2D eigenvalue weighted by Crippen LogP contribution is -2.08. The van der Waals surface area contributed by atoms with E-state index in [1.54, 1.807) is 37.3 Å².